The summed E-state index contributed by atoms with van der Waals surface area (Å²) >= 11 is 8.51. The highest BCUT2D eigenvalue weighted by Crippen LogP contribution is 2.13. The molecule has 15 nitrogen and oxygen atoms in total. The molecule has 0 saturated heterocycles. The predicted molar refractivity (Wildman–Crippen MR) is 244 cm³/mol. The van der Waals surface area contributed by atoms with Gasteiger partial charge in [0.2, 0.25) is 41.4 Å². The molecule has 7 amide bonds. The number of benzene rings is 1. The Kier molecular flexibility index (Phi) is 24.9. The average Bonchev–Trinajstić information content (AvgIpc) is 3.16. The van der Waals surface area contributed by atoms with Crippen LogP contribution in [0.3, 0.4) is 0 Å². The largest absolute Gasteiger partial charge is 0.343 e. The van der Waals surface area contributed by atoms with E-state index in [-0.39, 0.29) is 66.8 Å². The van der Waals surface area contributed by atoms with Crippen molar-refractivity contribution in [1.29, 1.82) is 0 Å². The van der Waals surface area contributed by atoms with E-state index in [0.717, 1.165) is 5.56 Å². The minimum atomic E-state index is -1.09. The van der Waals surface area contributed by atoms with Gasteiger partial charge in [-0.3, -0.25) is 33.6 Å². The molecule has 0 heterocycles. The second kappa shape index (κ2) is 27.7. The van der Waals surface area contributed by atoms with Crippen molar-refractivity contribution in [2.24, 2.45) is 35.3 Å². The van der Waals surface area contributed by atoms with Crippen molar-refractivity contribution in [3.63, 3.8) is 0 Å². The fourth-order valence-corrected chi connectivity index (χ4v) is 6.53. The highest BCUT2D eigenvalue weighted by Gasteiger charge is 2.34. The molecule has 0 aliphatic heterocycles. The van der Waals surface area contributed by atoms with E-state index in [1.165, 1.54) is 6.20 Å². The molecule has 0 spiro atoms. The molecule has 9 N–H and O–H groups in total. The number of carbonyl (C=O) groups is 7. The molecule has 60 heavy (non-hydrogen) atoms. The molecule has 0 aliphatic rings. The summed E-state index contributed by atoms with van der Waals surface area (Å²) in [5, 5.41) is 19.1. The Hall–Kier alpha value is -4.09. The second-order valence-electron chi connectivity index (χ2n) is 17.3. The summed E-state index contributed by atoms with van der Waals surface area (Å²) in [6, 6.07) is 2.16. The van der Waals surface area contributed by atoms with Crippen LogP contribution in [-0.2, 0) is 33.6 Å². The normalized spacial score (nSPS) is 15.2. The van der Waals surface area contributed by atoms with E-state index in [1.807, 2.05) is 85.7 Å². The lowest BCUT2D eigenvalue weighted by Crippen LogP contribution is -2.60. The summed E-state index contributed by atoms with van der Waals surface area (Å²) < 4.78 is 0. The van der Waals surface area contributed by atoms with E-state index in [4.69, 9.17) is 5.73 Å². The maximum atomic E-state index is 14.0. The molecule has 0 unspecified atom stereocenters. The van der Waals surface area contributed by atoms with Crippen molar-refractivity contribution >= 4 is 72.7 Å². The van der Waals surface area contributed by atoms with Crippen molar-refractivity contribution < 1.29 is 33.6 Å². The number of rotatable bonds is 26. The van der Waals surface area contributed by atoms with Crippen LogP contribution in [0.5, 0.6) is 0 Å². The fourth-order valence-electron chi connectivity index (χ4n) is 6.02. The summed E-state index contributed by atoms with van der Waals surface area (Å²) in [5.74, 6) is -4.47. The fraction of sp³-hybridized carbons (Fsp3) is 0.651. The summed E-state index contributed by atoms with van der Waals surface area (Å²) in [7, 11) is 0. The monoisotopic (exact) mass is 876 g/mol. The molecule has 0 radical (unpaired) electrons. The van der Waals surface area contributed by atoms with Crippen molar-refractivity contribution in [2.75, 3.05) is 11.5 Å². The lowest BCUT2D eigenvalue weighted by atomic mass is 9.98. The Bertz CT molecular complexity index is 1580. The van der Waals surface area contributed by atoms with Gasteiger partial charge in [-0.1, -0.05) is 99.6 Å². The van der Waals surface area contributed by atoms with E-state index >= 15 is 0 Å². The predicted octanol–water partition coefficient (Wildman–Crippen LogP) is 2.71. The first-order valence-electron chi connectivity index (χ1n) is 20.9. The number of hydrogen-bond donors (Lipinski definition) is 10. The molecule has 7 atom stereocenters. The van der Waals surface area contributed by atoms with Crippen LogP contribution >= 0.6 is 25.3 Å². The Labute approximate surface area is 368 Å². The third-order valence-corrected chi connectivity index (χ3v) is 10.0. The molecule has 0 aliphatic carbocycles. The van der Waals surface area contributed by atoms with Crippen LogP contribution in [-0.4, -0.2) is 95.1 Å². The van der Waals surface area contributed by atoms with Crippen LogP contribution in [0.1, 0.15) is 100 Å². The summed E-state index contributed by atoms with van der Waals surface area (Å²) in [6.45, 7) is 18.6. The zero-order valence-electron chi connectivity index (χ0n) is 37.0. The first-order valence-corrected chi connectivity index (χ1v) is 22.2. The number of hydrogen-bond acceptors (Lipinski definition) is 10. The zero-order valence-corrected chi connectivity index (χ0v) is 38.8. The first-order chi connectivity index (χ1) is 28.1. The summed E-state index contributed by atoms with van der Waals surface area (Å²) in [5.41, 5.74) is 6.84. The molecule has 338 valence electrons. The van der Waals surface area contributed by atoms with Gasteiger partial charge in [0.1, 0.15) is 36.3 Å². The number of carbonyl (C=O) groups excluding carboxylic acids is 7. The third kappa shape index (κ3) is 20.4. The zero-order chi connectivity index (χ0) is 45.7. The molecule has 1 aromatic carbocycles. The summed E-state index contributed by atoms with van der Waals surface area (Å²) in [4.78, 5) is 94.4. The van der Waals surface area contributed by atoms with Gasteiger partial charge in [0.05, 0.1) is 6.04 Å². The second-order valence-corrected chi connectivity index (χ2v) is 18.0. The van der Waals surface area contributed by atoms with Crippen LogP contribution in [0.2, 0.25) is 0 Å². The van der Waals surface area contributed by atoms with Crippen molar-refractivity contribution in [2.45, 2.75) is 137 Å². The highest BCUT2D eigenvalue weighted by atomic mass is 32.1. The van der Waals surface area contributed by atoms with Gasteiger partial charge in [0.15, 0.2) is 0 Å². The molecule has 0 saturated carbocycles. The van der Waals surface area contributed by atoms with Crippen LogP contribution in [0, 0.1) is 29.6 Å². The Balaban J connectivity index is 3.23. The van der Waals surface area contributed by atoms with E-state index in [9.17, 15) is 33.6 Å². The average molecular weight is 877 g/mol. The van der Waals surface area contributed by atoms with Crippen LogP contribution in [0.15, 0.2) is 36.5 Å². The van der Waals surface area contributed by atoms with Crippen LogP contribution in [0.4, 0.5) is 0 Å². The van der Waals surface area contributed by atoms with Gasteiger partial charge in [0, 0.05) is 17.7 Å². The van der Waals surface area contributed by atoms with E-state index < -0.39 is 83.6 Å². The molecule has 1 aromatic rings. The standard InChI is InChI=1S/C43H72N8O7S2/c1-24(2)18-30(47-40(55)32(20-26(5)6)49-42(57)35(23-60)51-43(58)36(44)28(9)10)38(53)46-31(19-25(3)4)39(54)48-33(21-27(7)8)41(56)50-34(22-59)37(52)45-17-16-29-14-12-11-13-15-29/h11-17,24-28,30-36,59-60H,18-23,44H2,1-10H3,(H,45,52)(H,46,53)(H,47,55)(H,48,54)(H,49,57)(H,50,56)(H,51,58)/b17-16+/t30-,31-,32-,33-,34-,35-,36-/m0/s1. The Morgan fingerprint density at radius 1 is 0.483 bits per heavy atom. The summed E-state index contributed by atoms with van der Waals surface area (Å²) in [6.07, 6.45) is 4.09. The molecule has 0 aromatic heterocycles. The first kappa shape index (κ1) is 53.9. The lowest BCUT2D eigenvalue weighted by Gasteiger charge is -2.29. The number of amides is 7. The lowest BCUT2D eigenvalue weighted by molar-refractivity contribution is -0.136. The molecule has 1 rings (SSSR count). The van der Waals surface area contributed by atoms with Crippen molar-refractivity contribution in [3.05, 3.63) is 42.1 Å². The van der Waals surface area contributed by atoms with E-state index in [1.54, 1.807) is 19.9 Å². The number of thiol groups is 2. The van der Waals surface area contributed by atoms with Gasteiger partial charge >= 0.3 is 0 Å². The smallest absolute Gasteiger partial charge is 0.247 e. The Morgan fingerprint density at radius 2 is 0.783 bits per heavy atom. The Morgan fingerprint density at radius 3 is 1.10 bits per heavy atom. The van der Waals surface area contributed by atoms with Crippen LogP contribution < -0.4 is 43.0 Å². The van der Waals surface area contributed by atoms with Gasteiger partial charge in [-0.05, 0) is 66.9 Å². The molecule has 0 fully saturated rings. The topological polar surface area (TPSA) is 230 Å². The quantitative estimate of drug-likeness (QED) is 0.0621. The number of nitrogens with one attached hydrogen (secondary N) is 7. The molecule has 0 bridgehead atoms. The van der Waals surface area contributed by atoms with E-state index in [0.29, 0.717) is 0 Å². The van der Waals surface area contributed by atoms with Crippen molar-refractivity contribution in [1.82, 2.24) is 37.2 Å². The maximum absolute atomic E-state index is 14.0. The number of nitrogens with two attached hydrogens (primary N) is 1. The molecular weight excluding hydrogens is 805 g/mol. The van der Waals surface area contributed by atoms with Gasteiger partial charge < -0.3 is 43.0 Å². The third-order valence-electron chi connectivity index (χ3n) is 9.31. The minimum Gasteiger partial charge on any atom is -0.343 e. The van der Waals surface area contributed by atoms with Gasteiger partial charge in [-0.2, -0.15) is 25.3 Å². The molecule has 17 heteroatoms. The van der Waals surface area contributed by atoms with Gasteiger partial charge in [-0.25, -0.2) is 0 Å². The maximum Gasteiger partial charge on any atom is 0.247 e. The van der Waals surface area contributed by atoms with E-state index in [2.05, 4.69) is 62.5 Å². The highest BCUT2D eigenvalue weighted by molar-refractivity contribution is 7.80. The minimum absolute atomic E-state index is 0.00483. The SMILES string of the molecule is CC(C)C[C@H](NC(=O)[C@H](CC(C)C)NC(=O)[C@H](CC(C)C)NC(=O)[C@H](CC(C)C)NC(=O)[C@H](CS)NC(=O)[C@@H](N)C(C)C)C(=O)N[C@@H](CS)C(=O)N/C=C/c1ccccc1. The van der Waals surface area contributed by atoms with Gasteiger partial charge in [-0.15, -0.1) is 0 Å². The van der Waals surface area contributed by atoms with Crippen molar-refractivity contribution in [3.8, 4) is 0 Å². The van der Waals surface area contributed by atoms with Gasteiger partial charge in [0.25, 0.3) is 0 Å². The van der Waals surface area contributed by atoms with Crippen LogP contribution in [0.25, 0.3) is 6.08 Å². The molecular formula is C43H72N8O7S2.